The Hall–Kier alpha value is -7.75. The van der Waals surface area contributed by atoms with E-state index in [0.717, 1.165) is 58.2 Å². The molecular weight excluding hydrogens is 1830 g/mol. The Labute approximate surface area is 708 Å². The van der Waals surface area contributed by atoms with Crippen molar-refractivity contribution in [3.05, 3.63) is 257 Å². The van der Waals surface area contributed by atoms with Crippen molar-refractivity contribution in [1.29, 1.82) is 0 Å². The van der Waals surface area contributed by atoms with Crippen LogP contribution in [0.5, 0.6) is 0 Å². The zero-order valence-corrected chi connectivity index (χ0v) is 75.5. The first-order valence-electron chi connectivity index (χ1n) is 35.5. The van der Waals surface area contributed by atoms with E-state index in [1.54, 1.807) is 128 Å². The highest BCUT2D eigenvalue weighted by molar-refractivity contribution is 9.93. The molecule has 0 unspecified atom stereocenters. The Morgan fingerprint density at radius 3 is 1.22 bits per heavy atom. The lowest BCUT2D eigenvalue weighted by Gasteiger charge is -2.32. The van der Waals surface area contributed by atoms with Crippen LogP contribution in [-0.2, 0) is 62.4 Å². The second-order valence-corrected chi connectivity index (χ2v) is 37.3. The van der Waals surface area contributed by atoms with Crippen molar-refractivity contribution < 1.29 is 67.0 Å². The summed E-state index contributed by atoms with van der Waals surface area (Å²) in [6.07, 6.45) is 16.6. The van der Waals surface area contributed by atoms with Crippen LogP contribution in [0.4, 0.5) is 0 Å². The van der Waals surface area contributed by atoms with Crippen molar-refractivity contribution >= 4 is 198 Å². The first-order chi connectivity index (χ1) is 54.2. The number of aryl methyl sites for hydroxylation is 4. The molecule has 1 aliphatic rings. The van der Waals surface area contributed by atoms with E-state index in [0.29, 0.717) is 32.0 Å². The van der Waals surface area contributed by atoms with Crippen molar-refractivity contribution in [3.63, 3.8) is 0 Å². The summed E-state index contributed by atoms with van der Waals surface area (Å²) >= 11 is 12.3. The van der Waals surface area contributed by atoms with Gasteiger partial charge in [0.1, 0.15) is 11.3 Å². The molecule has 0 aliphatic carbocycles. The topological polar surface area (TPSA) is 334 Å². The van der Waals surface area contributed by atoms with Crippen molar-refractivity contribution in [2.75, 3.05) is 0 Å². The number of benzene rings is 4. The molecular formula is C78H86B3Br4ClN10O15S4. The molecule has 4 aromatic carbocycles. The average molecular weight is 1920 g/mol. The van der Waals surface area contributed by atoms with E-state index in [2.05, 4.69) is 95.0 Å². The number of aromatic amines is 2. The molecule has 15 rings (SSSR count). The van der Waals surface area contributed by atoms with Crippen molar-refractivity contribution in [1.82, 2.24) is 46.8 Å². The number of halogens is 5. The van der Waals surface area contributed by atoms with Crippen LogP contribution in [0.1, 0.15) is 91.5 Å². The first-order valence-corrected chi connectivity index (χ1v) is 47.4. The third-order valence-corrected chi connectivity index (χ3v) is 25.0. The number of aromatic nitrogens is 10. The third kappa shape index (κ3) is 24.0. The van der Waals surface area contributed by atoms with Crippen LogP contribution in [0.25, 0.3) is 55.2 Å². The number of H-pyrrole nitrogens is 2. The van der Waals surface area contributed by atoms with Crippen molar-refractivity contribution in [3.8, 4) is 0 Å². The van der Waals surface area contributed by atoms with Gasteiger partial charge in [-0.15, -0.1) is 0 Å². The monoisotopic (exact) mass is 1910 g/mol. The van der Waals surface area contributed by atoms with E-state index in [-0.39, 0.29) is 49.0 Å². The quantitative estimate of drug-likeness (QED) is 0.0547. The number of nitrogens with one attached hydrogen (secondary N) is 2. The smallest absolute Gasteiger partial charge is 0.423 e. The molecule has 0 atom stereocenters. The molecule has 115 heavy (non-hydrogen) atoms. The maximum atomic E-state index is 13.3. The van der Waals surface area contributed by atoms with Gasteiger partial charge < -0.3 is 43.3 Å². The molecule has 0 saturated carbocycles. The number of pyridine rings is 5. The molecule has 0 amide bonds. The van der Waals surface area contributed by atoms with E-state index in [1.165, 1.54) is 50.8 Å². The summed E-state index contributed by atoms with van der Waals surface area (Å²) in [5.74, 6) is 0. The molecule has 0 spiro atoms. The van der Waals surface area contributed by atoms with Crippen LogP contribution >= 0.6 is 70.8 Å². The Bertz CT molecular complexity index is 5980. The Kier molecular flexibility index (Phi) is 32.8. The van der Waals surface area contributed by atoms with Crippen LogP contribution < -0.4 is 10.9 Å². The van der Waals surface area contributed by atoms with Gasteiger partial charge in [-0.1, -0.05) is 70.8 Å². The maximum absolute atomic E-state index is 13.3. The SMILES string of the molecule is BrBr.Brc1c[nH]c2ncccc12.CC(C)OB(OC(C)C)OC(C)C.Cc1ccc(S(=O)(=O)Cl)cc1.Cc1ccc(S(=O)(=O)n2cc(B(O)O)c3cccnc32)cc1.Cc1ccc(S(=O)(=O)n2cc(B3OC(C)(C)C(C)(C)O3)c3cccnc32)cc1.Cc1ccc(S(=O)(=O)n2cc(Br)c3cccnc32)cc1.c1cnc2[nH]ccc2c1. The number of rotatable bonds is 15. The minimum absolute atomic E-state index is 0.0961. The molecule has 606 valence electrons. The summed E-state index contributed by atoms with van der Waals surface area (Å²) < 4.78 is 133. The summed E-state index contributed by atoms with van der Waals surface area (Å²) in [6, 6.07) is 46.6. The number of hydrogen-bond acceptors (Lipinski definition) is 20. The molecule has 14 aromatic rings. The van der Waals surface area contributed by atoms with Gasteiger partial charge in [-0.25, -0.2) is 70.5 Å². The largest absolute Gasteiger partial charge is 0.639 e. The van der Waals surface area contributed by atoms with Gasteiger partial charge in [-0.05, 0) is 244 Å². The number of fused-ring (bicyclic) bond motifs is 5. The highest BCUT2D eigenvalue weighted by atomic mass is 80.9. The molecule has 1 saturated heterocycles. The maximum Gasteiger partial charge on any atom is 0.639 e. The van der Waals surface area contributed by atoms with Gasteiger partial charge in [-0.3, -0.25) is 0 Å². The van der Waals surface area contributed by atoms with Crippen LogP contribution in [-0.4, -0.2) is 142 Å². The van der Waals surface area contributed by atoms with Crippen LogP contribution in [0.3, 0.4) is 0 Å². The molecule has 1 fully saturated rings. The molecule has 11 heterocycles. The first kappa shape index (κ1) is 92.8. The lowest BCUT2D eigenvalue weighted by atomic mass is 9.79. The molecule has 37 heteroatoms. The summed E-state index contributed by atoms with van der Waals surface area (Å²) in [4.78, 5) is 27.5. The summed E-state index contributed by atoms with van der Waals surface area (Å²) in [6.45, 7) is 27.2. The average Bonchev–Trinajstić information content (AvgIpc) is 1.60. The van der Waals surface area contributed by atoms with Crippen molar-refractivity contribution in [2.45, 2.75) is 146 Å². The van der Waals surface area contributed by atoms with Crippen LogP contribution in [0.2, 0.25) is 0 Å². The highest BCUT2D eigenvalue weighted by Crippen LogP contribution is 2.38. The fourth-order valence-electron chi connectivity index (χ4n) is 10.8. The normalized spacial score (nSPS) is 13.1. The van der Waals surface area contributed by atoms with E-state index in [9.17, 15) is 43.7 Å². The van der Waals surface area contributed by atoms with E-state index >= 15 is 0 Å². The highest BCUT2D eigenvalue weighted by Gasteiger charge is 2.53. The second-order valence-electron chi connectivity index (χ2n) is 27.6. The van der Waals surface area contributed by atoms with Crippen LogP contribution in [0, 0.1) is 27.7 Å². The molecule has 25 nitrogen and oxygen atoms in total. The molecule has 0 bridgehead atoms. The lowest BCUT2D eigenvalue weighted by Crippen LogP contribution is -2.41. The fraction of sp³-hybridized carbons (Fsp3) is 0.244. The Morgan fingerprint density at radius 1 is 0.452 bits per heavy atom. The zero-order chi connectivity index (χ0) is 84.5. The van der Waals surface area contributed by atoms with E-state index in [1.807, 2.05) is 152 Å². The van der Waals surface area contributed by atoms with Gasteiger partial charge >= 0.3 is 21.6 Å². The Morgan fingerprint density at radius 2 is 0.809 bits per heavy atom. The lowest BCUT2D eigenvalue weighted by molar-refractivity contribution is 0.00578. The van der Waals surface area contributed by atoms with Gasteiger partial charge in [0, 0.05) is 166 Å². The molecule has 4 N–H and O–H groups in total. The van der Waals surface area contributed by atoms with E-state index < -0.39 is 71.9 Å². The van der Waals surface area contributed by atoms with Crippen LogP contribution in [0.15, 0.2) is 254 Å². The molecule has 10 aromatic heterocycles. The van der Waals surface area contributed by atoms with Gasteiger partial charge in [0.2, 0.25) is 0 Å². The predicted molar refractivity (Wildman–Crippen MR) is 470 cm³/mol. The molecule has 0 radical (unpaired) electrons. The zero-order valence-electron chi connectivity index (χ0n) is 65.1. The van der Waals surface area contributed by atoms with E-state index in [4.69, 9.17) is 34.0 Å². The third-order valence-electron chi connectivity index (χ3n) is 17.3. The molecule has 1 aliphatic heterocycles. The predicted octanol–water partition coefficient (Wildman–Crippen LogP) is 16.2. The summed E-state index contributed by atoms with van der Waals surface area (Å²) in [7, 11) is -12.8. The standard InChI is InChI=1S/C20H23BN2O4S.C14H13BN2O4S.C14H11BrN2O2S.C9H21BO3.C7H5BrN2.C7H7ClO2S.C7H6N2.Br2/c1-14-8-10-15(11-9-14)28(24,25)23-13-17(16-7-6-12-22-18(16)23)21-26-19(2,3)20(4,5)27-21;1-10-4-6-11(7-5-10)22(20,21)17-9-13(15(18)19)12-3-2-8-16-14(12)17;1-10-4-6-11(7-5-10)20(18,19)17-9-13(15)12-3-2-8-16-14(12)17;1-7(2)11-10(12-8(3)4)13-9(5)6;8-6-4-10-7-5(6)2-1-3-9-7;1-6-2-4-7(5-3-6)11(8,9)10;1-2-6-3-5-9-7(6)8-4-1;1-2/h6-13H,1-5H3;2-9,18-19H,1H3;2-9H,1H3;7-9H,1-6H3;1-4H,(H,9,10);2-5H,1H3;1-5H,(H,8,9);. The van der Waals surface area contributed by atoms with Gasteiger partial charge in [0.25, 0.3) is 39.1 Å². The Balaban J connectivity index is 0.000000173. The fourth-order valence-corrected chi connectivity index (χ4v) is 16.6. The van der Waals surface area contributed by atoms with Crippen molar-refractivity contribution in [2.24, 2.45) is 0 Å². The number of hydrogen-bond donors (Lipinski definition) is 4. The van der Waals surface area contributed by atoms with Gasteiger partial charge in [0.05, 0.1) is 30.8 Å². The minimum Gasteiger partial charge on any atom is -0.423 e. The minimum atomic E-state index is -3.86. The second kappa shape index (κ2) is 40.6. The van der Waals surface area contributed by atoms with Gasteiger partial charge in [-0.2, -0.15) is 0 Å². The summed E-state index contributed by atoms with van der Waals surface area (Å²) in [5.41, 5.74) is 6.47. The van der Waals surface area contributed by atoms with Gasteiger partial charge in [0.15, 0.2) is 16.9 Å². The summed E-state index contributed by atoms with van der Waals surface area (Å²) in [5, 5.41) is 23.0. The number of nitrogens with zero attached hydrogens (tertiary/aromatic N) is 8.